The van der Waals surface area contributed by atoms with Gasteiger partial charge in [0.1, 0.15) is 5.75 Å². The van der Waals surface area contributed by atoms with Crippen LogP contribution >= 0.6 is 15.9 Å². The molecule has 0 spiro atoms. The summed E-state index contributed by atoms with van der Waals surface area (Å²) in [6.07, 6.45) is 1.42. The zero-order valence-electron chi connectivity index (χ0n) is 16.5. The number of halogens is 1. The standard InChI is InChI=1S/C23H19BrN2O5/c1-2-30-21-13-15(14-25-26-22(28)18-5-3-4-6-19(18)27)7-12-20(21)31-23(29)16-8-10-17(24)11-9-16/h3-14,27H,2H2,1H3,(H,26,28)/b25-14+. The lowest BCUT2D eigenvalue weighted by Crippen LogP contribution is -2.17. The molecule has 0 aliphatic heterocycles. The quantitative estimate of drug-likeness (QED) is 0.223. The van der Waals surface area contributed by atoms with Crippen LogP contribution in [-0.2, 0) is 0 Å². The largest absolute Gasteiger partial charge is 0.507 e. The molecule has 8 heteroatoms. The summed E-state index contributed by atoms with van der Waals surface area (Å²) in [6, 6.07) is 17.9. The molecule has 0 saturated heterocycles. The summed E-state index contributed by atoms with van der Waals surface area (Å²) < 4.78 is 11.9. The van der Waals surface area contributed by atoms with Gasteiger partial charge in [-0.05, 0) is 67.1 Å². The molecule has 3 rings (SSSR count). The Morgan fingerprint density at radius 2 is 1.81 bits per heavy atom. The molecule has 3 aromatic carbocycles. The smallest absolute Gasteiger partial charge is 0.343 e. The number of rotatable bonds is 7. The third-order valence-electron chi connectivity index (χ3n) is 4.08. The van der Waals surface area contributed by atoms with Crippen molar-refractivity contribution >= 4 is 34.0 Å². The van der Waals surface area contributed by atoms with Crippen LogP contribution in [0.3, 0.4) is 0 Å². The minimum atomic E-state index is -0.542. The minimum Gasteiger partial charge on any atom is -0.507 e. The van der Waals surface area contributed by atoms with Gasteiger partial charge in [0.05, 0.1) is 23.9 Å². The van der Waals surface area contributed by atoms with Crippen molar-refractivity contribution in [1.29, 1.82) is 0 Å². The van der Waals surface area contributed by atoms with Crippen molar-refractivity contribution in [2.75, 3.05) is 6.61 Å². The summed E-state index contributed by atoms with van der Waals surface area (Å²) in [6.45, 7) is 2.18. The lowest BCUT2D eigenvalue weighted by Gasteiger charge is -2.11. The Hall–Kier alpha value is -3.65. The van der Waals surface area contributed by atoms with Crippen molar-refractivity contribution in [1.82, 2.24) is 5.43 Å². The van der Waals surface area contributed by atoms with Gasteiger partial charge >= 0.3 is 5.97 Å². The normalized spacial score (nSPS) is 10.6. The molecule has 0 bridgehead atoms. The number of hydrogen-bond acceptors (Lipinski definition) is 6. The number of carbonyl (C=O) groups is 2. The van der Waals surface area contributed by atoms with E-state index in [-0.39, 0.29) is 17.1 Å². The number of benzene rings is 3. The van der Waals surface area contributed by atoms with Crippen molar-refractivity contribution in [2.24, 2.45) is 5.10 Å². The third kappa shape index (κ3) is 5.93. The maximum absolute atomic E-state index is 12.4. The summed E-state index contributed by atoms with van der Waals surface area (Å²) >= 11 is 3.32. The van der Waals surface area contributed by atoms with Crippen molar-refractivity contribution < 1.29 is 24.2 Å². The second kappa shape index (κ2) is 10.4. The number of esters is 1. The van der Waals surface area contributed by atoms with E-state index in [0.29, 0.717) is 23.5 Å². The molecular formula is C23H19BrN2O5. The van der Waals surface area contributed by atoms with Crippen LogP contribution in [0.25, 0.3) is 0 Å². The number of para-hydroxylation sites is 1. The number of carbonyl (C=O) groups excluding carboxylic acids is 2. The molecule has 0 radical (unpaired) electrons. The zero-order valence-corrected chi connectivity index (χ0v) is 18.1. The van der Waals surface area contributed by atoms with Gasteiger partial charge in [0.25, 0.3) is 5.91 Å². The molecule has 1 amide bonds. The molecule has 0 heterocycles. The first-order chi connectivity index (χ1) is 15.0. The molecule has 3 aromatic rings. The predicted octanol–water partition coefficient (Wildman–Crippen LogP) is 4.54. The lowest BCUT2D eigenvalue weighted by atomic mass is 10.2. The van der Waals surface area contributed by atoms with Crippen LogP contribution in [0.15, 0.2) is 76.3 Å². The Morgan fingerprint density at radius 3 is 2.52 bits per heavy atom. The number of hydrogen-bond donors (Lipinski definition) is 2. The van der Waals surface area contributed by atoms with Gasteiger partial charge in [0.15, 0.2) is 11.5 Å². The second-order valence-electron chi connectivity index (χ2n) is 6.25. The molecule has 158 valence electrons. The topological polar surface area (TPSA) is 97.2 Å². The third-order valence-corrected chi connectivity index (χ3v) is 4.61. The number of phenols is 1. The van der Waals surface area contributed by atoms with Crippen LogP contribution in [0.5, 0.6) is 17.2 Å². The highest BCUT2D eigenvalue weighted by atomic mass is 79.9. The van der Waals surface area contributed by atoms with Crippen molar-refractivity contribution in [3.63, 3.8) is 0 Å². The Balaban J connectivity index is 1.71. The highest BCUT2D eigenvalue weighted by Gasteiger charge is 2.13. The van der Waals surface area contributed by atoms with Gasteiger partial charge in [0.2, 0.25) is 0 Å². The van der Waals surface area contributed by atoms with Crippen LogP contribution in [0.4, 0.5) is 0 Å². The summed E-state index contributed by atoms with van der Waals surface area (Å²) in [5.41, 5.74) is 3.49. The summed E-state index contributed by atoms with van der Waals surface area (Å²) in [7, 11) is 0. The Bertz CT molecular complexity index is 1110. The van der Waals surface area contributed by atoms with Crippen LogP contribution in [0.1, 0.15) is 33.2 Å². The van der Waals surface area contributed by atoms with Gasteiger partial charge < -0.3 is 14.6 Å². The van der Waals surface area contributed by atoms with E-state index in [9.17, 15) is 14.7 Å². The Morgan fingerprint density at radius 1 is 1.06 bits per heavy atom. The highest BCUT2D eigenvalue weighted by Crippen LogP contribution is 2.29. The second-order valence-corrected chi connectivity index (χ2v) is 7.17. The number of nitrogens with zero attached hydrogens (tertiary/aromatic N) is 1. The monoisotopic (exact) mass is 482 g/mol. The van der Waals surface area contributed by atoms with Crippen LogP contribution in [-0.4, -0.2) is 29.8 Å². The fourth-order valence-electron chi connectivity index (χ4n) is 2.59. The molecule has 0 aliphatic rings. The van der Waals surface area contributed by atoms with Crippen molar-refractivity contribution in [3.8, 4) is 17.2 Å². The average Bonchev–Trinajstić information content (AvgIpc) is 2.76. The zero-order chi connectivity index (χ0) is 22.2. The SMILES string of the molecule is CCOc1cc(/C=N/NC(=O)c2ccccc2O)ccc1OC(=O)c1ccc(Br)cc1. The van der Waals surface area contributed by atoms with E-state index in [1.54, 1.807) is 54.6 Å². The Labute approximate surface area is 187 Å². The van der Waals surface area contributed by atoms with Crippen LogP contribution in [0.2, 0.25) is 0 Å². The van der Waals surface area contributed by atoms with E-state index < -0.39 is 11.9 Å². The fraction of sp³-hybridized carbons (Fsp3) is 0.0870. The summed E-state index contributed by atoms with van der Waals surface area (Å²) in [5, 5.41) is 13.6. The van der Waals surface area contributed by atoms with E-state index in [0.717, 1.165) is 4.47 Å². The maximum atomic E-state index is 12.4. The molecule has 7 nitrogen and oxygen atoms in total. The van der Waals surface area contributed by atoms with Gasteiger partial charge in [-0.3, -0.25) is 4.79 Å². The van der Waals surface area contributed by atoms with Crippen LogP contribution in [0, 0.1) is 0 Å². The van der Waals surface area contributed by atoms with Gasteiger partial charge in [-0.25, -0.2) is 10.2 Å². The van der Waals surface area contributed by atoms with Gasteiger partial charge in [-0.2, -0.15) is 5.10 Å². The average molecular weight is 483 g/mol. The number of hydrazone groups is 1. The maximum Gasteiger partial charge on any atom is 0.343 e. The molecule has 0 fully saturated rings. The lowest BCUT2D eigenvalue weighted by molar-refractivity contribution is 0.0728. The van der Waals surface area contributed by atoms with Gasteiger partial charge in [0, 0.05) is 4.47 Å². The van der Waals surface area contributed by atoms with Crippen molar-refractivity contribution in [2.45, 2.75) is 6.92 Å². The molecule has 0 saturated carbocycles. The van der Waals surface area contributed by atoms with Gasteiger partial charge in [-0.15, -0.1) is 0 Å². The first-order valence-corrected chi connectivity index (χ1v) is 10.1. The number of amides is 1. The minimum absolute atomic E-state index is 0.116. The fourth-order valence-corrected chi connectivity index (χ4v) is 2.86. The van der Waals surface area contributed by atoms with E-state index >= 15 is 0 Å². The molecule has 0 aliphatic carbocycles. The van der Waals surface area contributed by atoms with E-state index in [4.69, 9.17) is 9.47 Å². The van der Waals surface area contributed by atoms with Crippen molar-refractivity contribution in [3.05, 3.63) is 87.9 Å². The molecule has 31 heavy (non-hydrogen) atoms. The number of ether oxygens (including phenoxy) is 2. The van der Waals surface area contributed by atoms with Gasteiger partial charge in [-0.1, -0.05) is 28.1 Å². The van der Waals surface area contributed by atoms with E-state index in [2.05, 4.69) is 26.5 Å². The van der Waals surface area contributed by atoms with E-state index in [1.807, 2.05) is 6.92 Å². The first kappa shape index (κ1) is 22.0. The summed E-state index contributed by atoms with van der Waals surface area (Å²) in [5.74, 6) is -0.552. The number of aromatic hydroxyl groups is 1. The molecule has 0 atom stereocenters. The molecule has 0 aromatic heterocycles. The molecule has 2 N–H and O–H groups in total. The number of nitrogens with one attached hydrogen (secondary N) is 1. The number of phenolic OH excluding ortho intramolecular Hbond substituents is 1. The summed E-state index contributed by atoms with van der Waals surface area (Å²) in [4.78, 5) is 24.5. The Kier molecular flexibility index (Phi) is 7.40. The molecule has 0 unspecified atom stereocenters. The first-order valence-electron chi connectivity index (χ1n) is 9.34. The van der Waals surface area contributed by atoms with Crippen LogP contribution < -0.4 is 14.9 Å². The molecular weight excluding hydrogens is 464 g/mol. The van der Waals surface area contributed by atoms with E-state index in [1.165, 1.54) is 18.3 Å². The highest BCUT2D eigenvalue weighted by molar-refractivity contribution is 9.10. The predicted molar refractivity (Wildman–Crippen MR) is 120 cm³/mol.